The van der Waals surface area contributed by atoms with Crippen molar-refractivity contribution in [2.45, 2.75) is 38.8 Å². The average molecular weight is 157 g/mol. The van der Waals surface area contributed by atoms with Crippen molar-refractivity contribution in [2.75, 3.05) is 13.6 Å². The van der Waals surface area contributed by atoms with Crippen molar-refractivity contribution in [3.63, 3.8) is 0 Å². The summed E-state index contributed by atoms with van der Waals surface area (Å²) in [5, 5.41) is 9.74. The molecule has 11 heavy (non-hydrogen) atoms. The summed E-state index contributed by atoms with van der Waals surface area (Å²) in [5.41, 5.74) is -0.0352. The third-order valence-corrected chi connectivity index (χ3v) is 3.01. The molecule has 1 aliphatic rings. The normalized spacial score (nSPS) is 39.0. The number of likely N-dealkylation sites (tertiary alicyclic amines) is 1. The fourth-order valence-corrected chi connectivity index (χ4v) is 1.70. The van der Waals surface area contributed by atoms with Crippen LogP contribution in [0.15, 0.2) is 0 Å². The summed E-state index contributed by atoms with van der Waals surface area (Å²) >= 11 is 0. The third kappa shape index (κ3) is 1.57. The van der Waals surface area contributed by atoms with E-state index in [9.17, 15) is 5.11 Å². The van der Waals surface area contributed by atoms with Crippen molar-refractivity contribution in [3.05, 3.63) is 0 Å². The molecule has 2 unspecified atom stereocenters. The monoisotopic (exact) mass is 157 g/mol. The molecule has 66 valence electrons. The molecule has 0 spiro atoms. The maximum Gasteiger partial charge on any atom is 0.0721 e. The van der Waals surface area contributed by atoms with Gasteiger partial charge in [0.2, 0.25) is 0 Å². The number of rotatable bonds is 0. The molecule has 0 aromatic carbocycles. The Morgan fingerprint density at radius 3 is 2.45 bits per heavy atom. The van der Waals surface area contributed by atoms with Gasteiger partial charge in [-0.05, 0) is 33.2 Å². The van der Waals surface area contributed by atoms with Gasteiger partial charge in [0.1, 0.15) is 0 Å². The Hall–Kier alpha value is -0.0800. The summed E-state index contributed by atoms with van der Waals surface area (Å²) < 4.78 is 0. The molecule has 1 saturated heterocycles. The van der Waals surface area contributed by atoms with Crippen molar-refractivity contribution in [3.8, 4) is 0 Å². The molecule has 2 heteroatoms. The first kappa shape index (κ1) is 9.01. The van der Waals surface area contributed by atoms with Crippen LogP contribution in [0, 0.1) is 5.92 Å². The lowest BCUT2D eigenvalue weighted by Gasteiger charge is -2.46. The van der Waals surface area contributed by atoms with E-state index in [-0.39, 0.29) is 11.6 Å². The summed E-state index contributed by atoms with van der Waals surface area (Å²) in [6.07, 6.45) is 0.772. The summed E-state index contributed by atoms with van der Waals surface area (Å²) in [6, 6.07) is 0. The maximum atomic E-state index is 9.74. The largest absolute Gasteiger partial charge is 0.391 e. The smallest absolute Gasteiger partial charge is 0.0721 e. The number of aliphatic hydroxyl groups is 1. The van der Waals surface area contributed by atoms with Gasteiger partial charge in [0.05, 0.1) is 6.10 Å². The molecule has 2 atom stereocenters. The van der Waals surface area contributed by atoms with Crippen LogP contribution < -0.4 is 0 Å². The SMILES string of the molecule is CC1CC(O)C(C)(C)N(C)C1. The van der Waals surface area contributed by atoms with Crippen molar-refractivity contribution in [1.29, 1.82) is 0 Å². The highest BCUT2D eigenvalue weighted by Crippen LogP contribution is 2.28. The van der Waals surface area contributed by atoms with Gasteiger partial charge in [-0.25, -0.2) is 0 Å². The highest BCUT2D eigenvalue weighted by molar-refractivity contribution is 4.92. The van der Waals surface area contributed by atoms with E-state index in [4.69, 9.17) is 0 Å². The first-order chi connectivity index (χ1) is 4.94. The molecule has 1 heterocycles. The third-order valence-electron chi connectivity index (χ3n) is 3.01. The number of hydrogen-bond donors (Lipinski definition) is 1. The number of piperidine rings is 1. The van der Waals surface area contributed by atoms with Crippen molar-refractivity contribution >= 4 is 0 Å². The van der Waals surface area contributed by atoms with E-state index in [1.54, 1.807) is 0 Å². The van der Waals surface area contributed by atoms with Gasteiger partial charge in [-0.2, -0.15) is 0 Å². The van der Waals surface area contributed by atoms with Gasteiger partial charge in [0.15, 0.2) is 0 Å². The van der Waals surface area contributed by atoms with E-state index >= 15 is 0 Å². The summed E-state index contributed by atoms with van der Waals surface area (Å²) in [6.45, 7) is 7.49. The molecule has 1 aliphatic heterocycles. The van der Waals surface area contributed by atoms with Gasteiger partial charge in [-0.1, -0.05) is 6.92 Å². The molecule has 0 saturated carbocycles. The molecule has 0 aliphatic carbocycles. The highest BCUT2D eigenvalue weighted by atomic mass is 16.3. The fraction of sp³-hybridized carbons (Fsp3) is 1.00. The topological polar surface area (TPSA) is 23.5 Å². The Bertz CT molecular complexity index is 130. The van der Waals surface area contributed by atoms with Crippen LogP contribution in [0.4, 0.5) is 0 Å². The molecule has 1 rings (SSSR count). The van der Waals surface area contributed by atoms with E-state index in [2.05, 4.69) is 32.7 Å². The molecule has 0 radical (unpaired) electrons. The molecule has 0 amide bonds. The van der Waals surface area contributed by atoms with Crippen LogP contribution in [0.1, 0.15) is 27.2 Å². The maximum absolute atomic E-state index is 9.74. The highest BCUT2D eigenvalue weighted by Gasteiger charge is 2.37. The standard InChI is InChI=1S/C9H19NO/c1-7-5-8(11)9(2,3)10(4)6-7/h7-8,11H,5-6H2,1-4H3. The van der Waals surface area contributed by atoms with Crippen LogP contribution in [0.25, 0.3) is 0 Å². The lowest BCUT2D eigenvalue weighted by atomic mass is 9.83. The Morgan fingerprint density at radius 1 is 1.45 bits per heavy atom. The number of aliphatic hydroxyl groups excluding tert-OH is 1. The Balaban J connectivity index is 2.67. The number of likely N-dealkylation sites (N-methyl/N-ethyl adjacent to an activating group) is 1. The molecule has 0 aromatic heterocycles. The lowest BCUT2D eigenvalue weighted by Crippen LogP contribution is -2.56. The van der Waals surface area contributed by atoms with Gasteiger partial charge in [0, 0.05) is 12.1 Å². The second-order valence-electron chi connectivity index (χ2n) is 4.39. The minimum Gasteiger partial charge on any atom is -0.391 e. The van der Waals surface area contributed by atoms with Crippen molar-refractivity contribution in [1.82, 2.24) is 4.90 Å². The van der Waals surface area contributed by atoms with E-state index in [1.165, 1.54) is 0 Å². The zero-order chi connectivity index (χ0) is 8.65. The minimum absolute atomic E-state index is 0.0352. The van der Waals surface area contributed by atoms with Crippen LogP contribution in [-0.2, 0) is 0 Å². The Morgan fingerprint density at radius 2 is 2.00 bits per heavy atom. The van der Waals surface area contributed by atoms with Crippen LogP contribution in [0.3, 0.4) is 0 Å². The Kier molecular flexibility index (Phi) is 2.26. The summed E-state index contributed by atoms with van der Waals surface area (Å²) in [4.78, 5) is 2.24. The lowest BCUT2D eigenvalue weighted by molar-refractivity contribution is -0.0488. The zero-order valence-corrected chi connectivity index (χ0v) is 7.96. The molecule has 2 nitrogen and oxygen atoms in total. The molecule has 0 bridgehead atoms. The van der Waals surface area contributed by atoms with E-state index in [0.29, 0.717) is 5.92 Å². The van der Waals surface area contributed by atoms with E-state index in [0.717, 1.165) is 13.0 Å². The summed E-state index contributed by atoms with van der Waals surface area (Å²) in [5.74, 6) is 0.628. The second kappa shape index (κ2) is 2.76. The first-order valence-electron chi connectivity index (χ1n) is 4.34. The van der Waals surface area contributed by atoms with E-state index < -0.39 is 0 Å². The second-order valence-corrected chi connectivity index (χ2v) is 4.39. The molecule has 0 aromatic rings. The molecular weight excluding hydrogens is 138 g/mol. The van der Waals surface area contributed by atoms with E-state index in [1.807, 2.05) is 0 Å². The predicted octanol–water partition coefficient (Wildman–Crippen LogP) is 1.10. The minimum atomic E-state index is -0.170. The van der Waals surface area contributed by atoms with Crippen molar-refractivity contribution in [2.24, 2.45) is 5.92 Å². The average Bonchev–Trinajstić information content (AvgIpc) is 1.84. The van der Waals surface area contributed by atoms with Crippen LogP contribution >= 0.6 is 0 Å². The van der Waals surface area contributed by atoms with Gasteiger partial charge in [0.25, 0.3) is 0 Å². The Labute approximate surface area is 69.2 Å². The summed E-state index contributed by atoms with van der Waals surface area (Å²) in [7, 11) is 2.08. The molecule has 1 N–H and O–H groups in total. The van der Waals surface area contributed by atoms with Gasteiger partial charge in [-0.3, -0.25) is 4.90 Å². The van der Waals surface area contributed by atoms with Crippen LogP contribution in [0.2, 0.25) is 0 Å². The predicted molar refractivity (Wildman–Crippen MR) is 46.5 cm³/mol. The number of nitrogens with zero attached hydrogens (tertiary/aromatic N) is 1. The van der Waals surface area contributed by atoms with Gasteiger partial charge >= 0.3 is 0 Å². The van der Waals surface area contributed by atoms with Gasteiger partial charge < -0.3 is 5.11 Å². The first-order valence-corrected chi connectivity index (χ1v) is 4.34. The number of hydrogen-bond acceptors (Lipinski definition) is 2. The quantitative estimate of drug-likeness (QED) is 0.569. The molecule has 1 fully saturated rings. The molecular formula is C9H19NO. The van der Waals surface area contributed by atoms with Crippen molar-refractivity contribution < 1.29 is 5.11 Å². The fourth-order valence-electron chi connectivity index (χ4n) is 1.70. The van der Waals surface area contributed by atoms with Crippen LogP contribution in [-0.4, -0.2) is 35.2 Å². The van der Waals surface area contributed by atoms with Gasteiger partial charge in [-0.15, -0.1) is 0 Å². The zero-order valence-electron chi connectivity index (χ0n) is 7.96. The van der Waals surface area contributed by atoms with Crippen LogP contribution in [0.5, 0.6) is 0 Å².